The average Bonchev–Trinajstić information content (AvgIpc) is 3.28. The molecule has 0 aliphatic carbocycles. The third-order valence-electron chi connectivity index (χ3n) is 11.9. The number of hydrogen-bond donors (Lipinski definition) is 8. The molecule has 1 rings (SSSR count). The Balaban J connectivity index is 3.08. The number of likely N-dealkylation sites (N-methyl/N-ethyl adjacent to an activating group) is 2. The SMILES string of the molecule is CC[C@H](C)[C@@H]([C@@H](CC(C)=O)OC)N(C)C(=O)[C@@H](NC(=O)C(C(C)C)N(C)C(=O)OCc1ccc(NC(=O)[C@H](CCCNC(N)=O)NC(=O)[C@@H](NC(=O)CCCCCC(=O)NN)C(C)C)cc1)C(C)C. The Kier molecular flexibility index (Phi) is 27.8. The number of methoxy groups -OCH3 is 1. The summed E-state index contributed by atoms with van der Waals surface area (Å²) >= 11 is 0. The van der Waals surface area contributed by atoms with Crippen LogP contribution in [0.4, 0.5) is 15.3 Å². The van der Waals surface area contributed by atoms with Gasteiger partial charge < -0.3 is 46.7 Å². The largest absolute Gasteiger partial charge is 0.445 e. The highest BCUT2D eigenvalue weighted by molar-refractivity contribution is 5.98. The molecule has 0 aliphatic rings. The van der Waals surface area contributed by atoms with E-state index < -0.39 is 66.2 Å². The van der Waals surface area contributed by atoms with Crippen molar-refractivity contribution in [2.75, 3.05) is 33.1 Å². The number of nitrogens with one attached hydrogen (secondary N) is 6. The summed E-state index contributed by atoms with van der Waals surface area (Å²) in [5.41, 5.74) is 8.18. The van der Waals surface area contributed by atoms with E-state index in [1.54, 1.807) is 63.9 Å². The lowest BCUT2D eigenvalue weighted by Crippen LogP contribution is -2.60. The molecule has 0 fully saturated rings. The molecule has 1 unspecified atom stereocenters. The zero-order chi connectivity index (χ0) is 52.5. The van der Waals surface area contributed by atoms with Crippen molar-refractivity contribution >= 4 is 59.0 Å². The molecule has 390 valence electrons. The normalized spacial score (nSPS) is 14.3. The van der Waals surface area contributed by atoms with Gasteiger partial charge in [-0.3, -0.25) is 43.9 Å². The Labute approximate surface area is 408 Å². The molecule has 9 amide bonds. The number of Topliss-reactive ketones (excluding diaryl/α,β-unsaturated/α-hetero) is 1. The minimum atomic E-state index is -1.07. The first-order valence-corrected chi connectivity index (χ1v) is 23.9. The van der Waals surface area contributed by atoms with Gasteiger partial charge in [0.15, 0.2) is 0 Å². The van der Waals surface area contributed by atoms with Gasteiger partial charge in [0.1, 0.15) is 36.6 Å². The number of hydrazine groups is 1. The molecular weight excluding hydrogens is 893 g/mol. The van der Waals surface area contributed by atoms with Gasteiger partial charge in [0.2, 0.25) is 35.4 Å². The minimum Gasteiger partial charge on any atom is -0.445 e. The molecule has 21 heteroatoms. The number of ketones is 1. The van der Waals surface area contributed by atoms with Gasteiger partial charge in [0, 0.05) is 52.7 Å². The van der Waals surface area contributed by atoms with Crippen molar-refractivity contribution in [1.82, 2.24) is 36.5 Å². The zero-order valence-corrected chi connectivity index (χ0v) is 42.9. The molecule has 0 radical (unpaired) electrons. The van der Waals surface area contributed by atoms with Crippen molar-refractivity contribution in [3.63, 3.8) is 0 Å². The van der Waals surface area contributed by atoms with E-state index >= 15 is 0 Å². The number of amides is 9. The Morgan fingerprint density at radius 1 is 0.710 bits per heavy atom. The van der Waals surface area contributed by atoms with Gasteiger partial charge in [-0.05, 0) is 74.0 Å². The Morgan fingerprint density at radius 3 is 1.81 bits per heavy atom. The fourth-order valence-corrected chi connectivity index (χ4v) is 7.83. The van der Waals surface area contributed by atoms with E-state index in [4.69, 9.17) is 21.1 Å². The predicted octanol–water partition coefficient (Wildman–Crippen LogP) is 3.24. The lowest BCUT2D eigenvalue weighted by atomic mass is 9.89. The fraction of sp³-hybridized carbons (Fsp3) is 0.688. The van der Waals surface area contributed by atoms with Gasteiger partial charge in [-0.15, -0.1) is 0 Å². The molecule has 21 nitrogen and oxygen atoms in total. The number of rotatable bonds is 31. The molecule has 7 atom stereocenters. The molecule has 0 aromatic heterocycles. The summed E-state index contributed by atoms with van der Waals surface area (Å²) in [7, 11) is 4.61. The molecule has 10 N–H and O–H groups in total. The highest BCUT2D eigenvalue weighted by Gasteiger charge is 2.39. The van der Waals surface area contributed by atoms with Crippen LogP contribution in [0.3, 0.4) is 0 Å². The van der Waals surface area contributed by atoms with Gasteiger partial charge in [-0.1, -0.05) is 80.4 Å². The lowest BCUT2D eigenvalue weighted by Gasteiger charge is -2.40. The van der Waals surface area contributed by atoms with Gasteiger partial charge in [-0.25, -0.2) is 15.4 Å². The molecular formula is C48H82N10O11. The maximum atomic E-state index is 14.1. The van der Waals surface area contributed by atoms with E-state index in [1.165, 1.54) is 26.0 Å². The summed E-state index contributed by atoms with van der Waals surface area (Å²) in [4.78, 5) is 119. The monoisotopic (exact) mass is 975 g/mol. The maximum absolute atomic E-state index is 14.1. The second-order valence-corrected chi connectivity index (χ2v) is 18.7. The summed E-state index contributed by atoms with van der Waals surface area (Å²) in [5, 5.41) is 13.6. The fourth-order valence-electron chi connectivity index (χ4n) is 7.83. The predicted molar refractivity (Wildman–Crippen MR) is 261 cm³/mol. The number of urea groups is 1. The van der Waals surface area contributed by atoms with Gasteiger partial charge in [0.25, 0.3) is 0 Å². The van der Waals surface area contributed by atoms with Crippen LogP contribution in [0.5, 0.6) is 0 Å². The molecule has 0 spiro atoms. The second kappa shape index (κ2) is 31.3. The topological polar surface area (TPSA) is 303 Å². The molecule has 0 saturated heterocycles. The van der Waals surface area contributed by atoms with Gasteiger partial charge in [-0.2, -0.15) is 0 Å². The van der Waals surface area contributed by atoms with Crippen molar-refractivity contribution in [1.29, 1.82) is 0 Å². The quantitative estimate of drug-likeness (QED) is 0.0230. The molecule has 69 heavy (non-hydrogen) atoms. The summed E-state index contributed by atoms with van der Waals surface area (Å²) in [6, 6.07) is 1.26. The maximum Gasteiger partial charge on any atom is 0.410 e. The van der Waals surface area contributed by atoms with E-state index in [9.17, 15) is 43.2 Å². The minimum absolute atomic E-state index is 0.0213. The number of unbranched alkanes of at least 4 members (excludes halogenated alkanes) is 2. The van der Waals surface area contributed by atoms with Crippen LogP contribution in [0.2, 0.25) is 0 Å². The Morgan fingerprint density at radius 2 is 1.30 bits per heavy atom. The average molecular weight is 975 g/mol. The smallest absolute Gasteiger partial charge is 0.410 e. The number of nitrogens with zero attached hydrogens (tertiary/aromatic N) is 2. The number of primary amides is 1. The Bertz CT molecular complexity index is 1850. The van der Waals surface area contributed by atoms with Crippen LogP contribution < -0.4 is 43.6 Å². The molecule has 0 bridgehead atoms. The Hall–Kier alpha value is -5.83. The van der Waals surface area contributed by atoms with E-state index in [2.05, 4.69) is 32.0 Å². The van der Waals surface area contributed by atoms with Crippen LogP contribution >= 0.6 is 0 Å². The zero-order valence-electron chi connectivity index (χ0n) is 42.9. The molecule has 0 aliphatic heterocycles. The number of nitrogens with two attached hydrogens (primary N) is 2. The number of carbonyl (C=O) groups excluding carboxylic acids is 9. The highest BCUT2D eigenvalue weighted by Crippen LogP contribution is 2.24. The number of ether oxygens (including phenoxy) is 2. The first-order valence-electron chi connectivity index (χ1n) is 23.9. The number of benzene rings is 1. The molecule has 1 aromatic rings. The number of hydrogen-bond acceptors (Lipinski definition) is 12. The third-order valence-corrected chi connectivity index (χ3v) is 11.9. The number of anilines is 1. The van der Waals surface area contributed by atoms with E-state index in [-0.39, 0.29) is 92.4 Å². The first kappa shape index (κ1) is 61.2. The van der Waals surface area contributed by atoms with Crippen LogP contribution in [0.1, 0.15) is 126 Å². The van der Waals surface area contributed by atoms with Crippen LogP contribution in [0, 0.1) is 23.7 Å². The third kappa shape index (κ3) is 21.6. The van der Waals surface area contributed by atoms with Crippen molar-refractivity contribution in [2.45, 2.75) is 163 Å². The first-order chi connectivity index (χ1) is 32.4. The van der Waals surface area contributed by atoms with E-state index in [0.29, 0.717) is 30.5 Å². The lowest BCUT2D eigenvalue weighted by molar-refractivity contribution is -0.144. The van der Waals surface area contributed by atoms with Gasteiger partial charge in [0.05, 0.1) is 12.1 Å². The summed E-state index contributed by atoms with van der Waals surface area (Å²) in [6.07, 6.45) is 1.93. The number of carbonyl (C=O) groups is 9. The van der Waals surface area contributed by atoms with Crippen LogP contribution in [-0.4, -0.2) is 127 Å². The molecule has 1 aromatic carbocycles. The van der Waals surface area contributed by atoms with Crippen molar-refractivity contribution in [3.05, 3.63) is 29.8 Å². The summed E-state index contributed by atoms with van der Waals surface area (Å²) < 4.78 is 11.3. The van der Waals surface area contributed by atoms with Crippen LogP contribution in [0.25, 0.3) is 0 Å². The van der Waals surface area contributed by atoms with Crippen LogP contribution in [-0.2, 0) is 49.6 Å². The van der Waals surface area contributed by atoms with Crippen molar-refractivity contribution < 1.29 is 52.6 Å². The molecule has 0 saturated carbocycles. The van der Waals surface area contributed by atoms with Crippen LogP contribution in [0.15, 0.2) is 24.3 Å². The van der Waals surface area contributed by atoms with Crippen molar-refractivity contribution in [2.24, 2.45) is 35.2 Å². The second-order valence-electron chi connectivity index (χ2n) is 18.7. The van der Waals surface area contributed by atoms with Crippen molar-refractivity contribution in [3.8, 4) is 0 Å². The van der Waals surface area contributed by atoms with Gasteiger partial charge >= 0.3 is 12.1 Å². The van der Waals surface area contributed by atoms with E-state index in [1.807, 2.05) is 27.7 Å². The summed E-state index contributed by atoms with van der Waals surface area (Å²) in [6.45, 7) is 16.1. The highest BCUT2D eigenvalue weighted by atomic mass is 16.6. The van der Waals surface area contributed by atoms with E-state index in [0.717, 1.165) is 6.42 Å². The molecule has 0 heterocycles. The standard InChI is InChI=1S/C48H82N10O11/c1-13-31(8)42(36(68-12)26-32(9)59)57(10)46(65)40(29(4)5)55-45(64)41(30(6)7)58(11)48(67)69-27-33-21-23-34(24-22-33)52-43(62)35(18-17-25-51-47(49)66)53-44(63)39(28(2)3)54-37(60)19-15-14-16-20-38(61)56-50/h21-24,28-31,35-36,39-42H,13-20,25-27,50H2,1-12H3,(H,52,62)(H,53,63)(H,54,60)(H,55,64)(H,56,61)(H3,49,51,66)/t31-,35-,36+,39-,40-,41?,42-/m0/s1. The summed E-state index contributed by atoms with van der Waals surface area (Å²) in [5.74, 6) is 1.28.